The van der Waals surface area contributed by atoms with E-state index in [2.05, 4.69) is 87.7 Å². The van der Waals surface area contributed by atoms with Crippen LogP contribution in [0.1, 0.15) is 69.7 Å². The van der Waals surface area contributed by atoms with Gasteiger partial charge in [0.25, 0.3) is 5.91 Å². The summed E-state index contributed by atoms with van der Waals surface area (Å²) in [5, 5.41) is 21.7. The third-order valence-corrected chi connectivity index (χ3v) is 13.6. The van der Waals surface area contributed by atoms with Crippen LogP contribution in [0.3, 0.4) is 0 Å². The Balaban J connectivity index is 1.37. The predicted molar refractivity (Wildman–Crippen MR) is 299 cm³/mol. The van der Waals surface area contributed by atoms with Crippen molar-refractivity contribution in [2.75, 3.05) is 18.1 Å². The zero-order valence-electron chi connectivity index (χ0n) is 44.0. The van der Waals surface area contributed by atoms with Gasteiger partial charge in [-0.25, -0.2) is 14.7 Å². The number of rotatable bonds is 31. The fourth-order valence-corrected chi connectivity index (χ4v) is 9.04. The van der Waals surface area contributed by atoms with Gasteiger partial charge in [-0.15, -0.1) is 0 Å². The molecule has 0 unspecified atom stereocenters. The van der Waals surface area contributed by atoms with E-state index in [1.165, 1.54) is 26.4 Å². The Bertz CT molecular complexity index is 2810. The summed E-state index contributed by atoms with van der Waals surface area (Å²) in [5.74, 6) is -7.80. The van der Waals surface area contributed by atoms with E-state index in [0.29, 0.717) is 29.7 Å². The molecule has 26 nitrogen and oxygen atoms in total. The molecule has 4 aromatic rings. The zero-order valence-corrected chi connectivity index (χ0v) is 45.7. The molecule has 1 aliphatic heterocycles. The number of hydrogen-bond acceptors (Lipinski definition) is 14. The molecule has 1 saturated heterocycles. The lowest BCUT2D eigenvalue weighted by atomic mass is 10.0. The van der Waals surface area contributed by atoms with Crippen molar-refractivity contribution in [3.8, 4) is 0 Å². The van der Waals surface area contributed by atoms with Gasteiger partial charge in [-0.3, -0.25) is 48.1 Å². The predicted octanol–water partition coefficient (Wildman–Crippen LogP) is -1.77. The van der Waals surface area contributed by atoms with Crippen LogP contribution in [0.15, 0.2) is 78.3 Å². The molecule has 79 heavy (non-hydrogen) atoms. The molecule has 0 aliphatic carbocycles. The highest BCUT2D eigenvalue weighted by Gasteiger charge is 2.43. The molecule has 0 saturated carbocycles. The number of amides is 11. The van der Waals surface area contributed by atoms with Crippen molar-refractivity contribution in [1.82, 2.24) is 62.4 Å². The quantitative estimate of drug-likeness (QED) is 0.00874. The van der Waals surface area contributed by atoms with Crippen LogP contribution >= 0.6 is 25.3 Å². The number of primary amides is 1. The molecule has 1 aliphatic rings. The molecule has 3 heterocycles. The first-order valence-electron chi connectivity index (χ1n) is 25.6. The smallest absolute Gasteiger partial charge is 0.325 e. The second kappa shape index (κ2) is 30.1. The van der Waals surface area contributed by atoms with E-state index in [1.54, 1.807) is 42.6 Å². The Morgan fingerprint density at radius 2 is 1.24 bits per heavy atom. The van der Waals surface area contributed by atoms with E-state index >= 15 is 0 Å². The number of nitrogens with two attached hydrogens (primary N) is 3. The number of benzene rings is 2. The minimum atomic E-state index is -1.42. The number of imidazole rings is 1. The van der Waals surface area contributed by atoms with E-state index in [4.69, 9.17) is 17.2 Å². The number of aliphatic imine (C=N–C) groups is 1. The molecule has 11 amide bonds. The van der Waals surface area contributed by atoms with Gasteiger partial charge in [0, 0.05) is 66.3 Å². The molecule has 2 aromatic heterocycles. The number of aromatic amines is 2. The van der Waals surface area contributed by atoms with Crippen molar-refractivity contribution >= 4 is 101 Å². The number of H-pyrrole nitrogens is 2. The minimum absolute atomic E-state index is 0.0470. The Labute approximate surface area is 466 Å². The lowest BCUT2D eigenvalue weighted by Crippen LogP contribution is -2.61. The fraction of sp³-hybridized carbons (Fsp3) is 0.451. The van der Waals surface area contributed by atoms with Crippen LogP contribution in [-0.2, 0) is 62.4 Å². The van der Waals surface area contributed by atoms with Crippen LogP contribution in [0.4, 0.5) is 4.79 Å². The number of carbonyl (C=O) groups excluding carboxylic acids is 10. The summed E-state index contributed by atoms with van der Waals surface area (Å²) in [6.07, 6.45) is 5.42. The number of thiol groups is 2. The molecular weight excluding hydrogens is 1060 g/mol. The van der Waals surface area contributed by atoms with Crippen LogP contribution in [0.25, 0.3) is 10.9 Å². The topological polar surface area (TPSA) is 405 Å². The van der Waals surface area contributed by atoms with Crippen molar-refractivity contribution in [1.29, 1.82) is 0 Å². The lowest BCUT2D eigenvalue weighted by molar-refractivity contribution is -0.137. The SMILES string of the molecule is CCCC[C@@H](C(=O)N[C@H](CS)C(=O)N[C@@H](C)C(=O)N[C@H](Cc1cnc[nH]1)C(=O)N[C@@H](Cc1ccccc1)C(=O)N[C@H](CCCN=C(N)N)C(=O)N[C@@H](Cc1c[nH]c2ccccc12)C(=O)N[C@H](CS)C(N)=O)N1C(=O)N[C@@H](C)C1=O. The van der Waals surface area contributed by atoms with Gasteiger partial charge in [-0.05, 0) is 50.3 Å². The van der Waals surface area contributed by atoms with Crippen molar-refractivity contribution < 1.29 is 47.9 Å². The van der Waals surface area contributed by atoms with Crippen LogP contribution in [0, 0.1) is 0 Å². The van der Waals surface area contributed by atoms with Gasteiger partial charge in [-0.2, -0.15) is 25.3 Å². The minimum Gasteiger partial charge on any atom is -0.370 e. The number of imide groups is 1. The van der Waals surface area contributed by atoms with E-state index in [9.17, 15) is 47.9 Å². The van der Waals surface area contributed by atoms with Crippen molar-refractivity contribution in [3.63, 3.8) is 0 Å². The third kappa shape index (κ3) is 18.0. The number of guanidine groups is 1. The first-order valence-corrected chi connectivity index (χ1v) is 26.9. The lowest BCUT2D eigenvalue weighted by Gasteiger charge is -2.28. The van der Waals surface area contributed by atoms with Crippen molar-refractivity contribution in [2.45, 2.75) is 127 Å². The number of aromatic nitrogens is 3. The third-order valence-electron chi connectivity index (χ3n) is 12.9. The molecule has 1 fully saturated rings. The van der Waals surface area contributed by atoms with Gasteiger partial charge in [0.1, 0.15) is 54.4 Å². The van der Waals surface area contributed by atoms with E-state index in [-0.39, 0.29) is 62.5 Å². The standard InChI is InChI=1S/C51H70N16O10S2/c1-4-5-17-40(67-49(76)28(3)60-51(67)77)48(75)66-39(25-79)47(74)59-27(2)42(69)62-37(21-31-23-55-26-58-31)46(73)63-35(19-29-12-7-6-8-13-29)44(71)61-34(16-11-18-56-50(53)54)43(70)64-36(45(72)65-38(24-78)41(52)68)20-30-22-57-33-15-10-9-14-32(30)33/h6-10,12-15,22-23,26-28,34-40,57,78-79H,4-5,11,16-21,24-25H2,1-3H3,(H2,52,68)(H,55,58)(H,59,74)(H,60,77)(H,61,71)(H,62,69)(H,63,73)(H,64,70)(H,65,72)(H,66,75)(H4,53,54,56)/t27-,28-,34+,35-,36-,37+,38+,39+,40-/m0/s1. The summed E-state index contributed by atoms with van der Waals surface area (Å²) in [7, 11) is 0. The molecule has 426 valence electrons. The number of nitrogens with one attached hydrogen (secondary N) is 10. The number of carbonyl (C=O) groups is 10. The number of nitrogens with zero attached hydrogens (tertiary/aromatic N) is 3. The highest BCUT2D eigenvalue weighted by Crippen LogP contribution is 2.20. The zero-order chi connectivity index (χ0) is 57.8. The van der Waals surface area contributed by atoms with E-state index < -0.39 is 114 Å². The van der Waals surface area contributed by atoms with Gasteiger partial charge in [0.2, 0.25) is 47.3 Å². The average molecular weight is 1130 g/mol. The monoisotopic (exact) mass is 1130 g/mol. The molecule has 28 heteroatoms. The maximum atomic E-state index is 14.7. The van der Waals surface area contributed by atoms with Crippen LogP contribution in [0.5, 0.6) is 0 Å². The van der Waals surface area contributed by atoms with Gasteiger partial charge >= 0.3 is 6.03 Å². The molecule has 9 atom stereocenters. The number of urea groups is 1. The van der Waals surface area contributed by atoms with Gasteiger partial charge < -0.3 is 69.7 Å². The maximum Gasteiger partial charge on any atom is 0.325 e. The normalized spacial score (nSPS) is 16.1. The van der Waals surface area contributed by atoms with Gasteiger partial charge in [0.05, 0.1) is 6.33 Å². The molecule has 0 bridgehead atoms. The summed E-state index contributed by atoms with van der Waals surface area (Å²) in [6.45, 7) is 4.74. The molecular formula is C51H70N16O10S2. The number of unbranched alkanes of at least 4 members (excludes halogenated alkanes) is 1. The first-order chi connectivity index (χ1) is 37.7. The highest BCUT2D eigenvalue weighted by atomic mass is 32.1. The van der Waals surface area contributed by atoms with Crippen molar-refractivity contribution in [3.05, 3.63) is 90.1 Å². The summed E-state index contributed by atoms with van der Waals surface area (Å²) in [4.78, 5) is 151. The largest absolute Gasteiger partial charge is 0.370 e. The molecule has 16 N–H and O–H groups in total. The maximum absolute atomic E-state index is 14.7. The van der Waals surface area contributed by atoms with Gasteiger partial charge in [-0.1, -0.05) is 68.3 Å². The molecule has 0 spiro atoms. The second-order valence-corrected chi connectivity index (χ2v) is 19.6. The number of para-hydroxylation sites is 1. The van der Waals surface area contributed by atoms with Crippen LogP contribution in [0.2, 0.25) is 0 Å². The Hall–Kier alpha value is -8.14. The summed E-state index contributed by atoms with van der Waals surface area (Å²) < 4.78 is 0. The molecule has 5 rings (SSSR count). The molecule has 0 radical (unpaired) electrons. The van der Waals surface area contributed by atoms with Crippen molar-refractivity contribution in [2.24, 2.45) is 22.2 Å². The summed E-state index contributed by atoms with van der Waals surface area (Å²) in [5.41, 5.74) is 19.1. The summed E-state index contributed by atoms with van der Waals surface area (Å²) >= 11 is 8.40. The Morgan fingerprint density at radius 3 is 1.84 bits per heavy atom. The average Bonchev–Trinajstić information content (AvgIpc) is 4.23. The fourth-order valence-electron chi connectivity index (χ4n) is 8.52. The first kappa shape index (κ1) is 61.7. The summed E-state index contributed by atoms with van der Waals surface area (Å²) in [6, 6.07) is 3.70. The van der Waals surface area contributed by atoms with Crippen LogP contribution in [-0.4, -0.2) is 157 Å². The Kier molecular flexibility index (Phi) is 23.5. The van der Waals surface area contributed by atoms with Crippen LogP contribution < -0.4 is 59.7 Å². The number of fused-ring (bicyclic) bond motifs is 1. The highest BCUT2D eigenvalue weighted by molar-refractivity contribution is 7.80. The van der Waals surface area contributed by atoms with Gasteiger partial charge in [0.15, 0.2) is 5.96 Å². The van der Waals surface area contributed by atoms with E-state index in [0.717, 1.165) is 15.8 Å². The Morgan fingerprint density at radius 1 is 0.671 bits per heavy atom. The number of hydrogen-bond donors (Lipinski definition) is 15. The van der Waals surface area contributed by atoms with E-state index in [1.807, 2.05) is 25.1 Å². The second-order valence-electron chi connectivity index (χ2n) is 18.9. The molecule has 2 aromatic carbocycles.